The molecule has 0 spiro atoms. The first kappa shape index (κ1) is 25.6. The number of hydrogen-bond acceptors (Lipinski definition) is 6. The van der Waals surface area contributed by atoms with Crippen molar-refractivity contribution in [3.63, 3.8) is 0 Å². The number of nitrogens with zero attached hydrogens (tertiary/aromatic N) is 4. The molecule has 8 nitrogen and oxygen atoms in total. The highest BCUT2D eigenvalue weighted by Gasteiger charge is 2.43. The molecule has 1 aromatic carbocycles. The van der Waals surface area contributed by atoms with E-state index in [1.807, 2.05) is 13.0 Å². The van der Waals surface area contributed by atoms with E-state index in [9.17, 15) is 19.1 Å². The second kappa shape index (κ2) is 9.10. The van der Waals surface area contributed by atoms with Gasteiger partial charge >= 0.3 is 5.97 Å². The lowest BCUT2D eigenvalue weighted by Gasteiger charge is -2.31. The molecule has 1 unspecified atom stereocenters. The molecule has 0 radical (unpaired) electrons. The van der Waals surface area contributed by atoms with Gasteiger partial charge in [0.2, 0.25) is 0 Å². The van der Waals surface area contributed by atoms with Gasteiger partial charge in [0.25, 0.3) is 5.56 Å². The molecule has 2 fully saturated rings. The fourth-order valence-electron chi connectivity index (χ4n) is 7.19. The third-order valence-corrected chi connectivity index (χ3v) is 9.04. The van der Waals surface area contributed by atoms with E-state index in [4.69, 9.17) is 4.98 Å². The number of benzene rings is 1. The average molecular weight is 558 g/mol. The Morgan fingerprint density at radius 1 is 1.17 bits per heavy atom. The van der Waals surface area contributed by atoms with Crippen LogP contribution in [0.25, 0.3) is 27.8 Å². The summed E-state index contributed by atoms with van der Waals surface area (Å²) in [6, 6.07) is 6.27. The van der Waals surface area contributed by atoms with Crippen molar-refractivity contribution in [1.29, 1.82) is 0 Å². The largest absolute Gasteiger partial charge is 0.477 e. The van der Waals surface area contributed by atoms with Gasteiger partial charge in [-0.3, -0.25) is 14.2 Å². The van der Waals surface area contributed by atoms with Gasteiger partial charge in [-0.2, -0.15) is 0 Å². The van der Waals surface area contributed by atoms with Crippen molar-refractivity contribution in [3.05, 3.63) is 81.0 Å². The highest BCUT2D eigenvalue weighted by atomic mass is 19.2. The van der Waals surface area contributed by atoms with Gasteiger partial charge in [-0.05, 0) is 55.6 Å². The van der Waals surface area contributed by atoms with Gasteiger partial charge < -0.3 is 20.2 Å². The Labute approximate surface area is 234 Å². The summed E-state index contributed by atoms with van der Waals surface area (Å²) in [5, 5.41) is 12.6. The number of carbonyl (C=O) groups is 1. The van der Waals surface area contributed by atoms with Gasteiger partial charge in [0.05, 0.1) is 16.9 Å². The van der Waals surface area contributed by atoms with Crippen molar-refractivity contribution in [2.75, 3.05) is 43.9 Å². The molecule has 4 aromatic rings. The monoisotopic (exact) mass is 557 g/mol. The standard InChI is InChI=1S/C31H29F2N5O3/c1-15-8-17(13-38-24(15)5-4-18(30(38)39)31(40)41)20-11-35-23-9-19-22(34-2)10-21(32)28(33)26(19)27(23)29(20)37-7-6-16-12-36(3)14-25(16)37/h4-5,8,10-11,13,16,25,34H,6-7,9,12,14H2,1-3H3,(H,40,41)/t16-,25?/m0/s1. The Balaban J connectivity index is 1.54. The number of aromatic carboxylic acids is 1. The van der Waals surface area contributed by atoms with Crippen LogP contribution in [0.3, 0.4) is 0 Å². The quantitative estimate of drug-likeness (QED) is 0.339. The maximum absolute atomic E-state index is 15.7. The number of carboxylic acid groups (broad SMARTS) is 1. The molecule has 41 heavy (non-hydrogen) atoms. The lowest BCUT2D eigenvalue weighted by atomic mass is 9.96. The summed E-state index contributed by atoms with van der Waals surface area (Å²) in [7, 11) is 3.78. The predicted octanol–water partition coefficient (Wildman–Crippen LogP) is 4.40. The Bertz CT molecular complexity index is 1850. The fraction of sp³-hybridized carbons (Fsp3) is 0.323. The summed E-state index contributed by atoms with van der Waals surface area (Å²) in [4.78, 5) is 34.3. The lowest BCUT2D eigenvalue weighted by Crippen LogP contribution is -2.35. The molecule has 2 N–H and O–H groups in total. The first-order chi connectivity index (χ1) is 19.7. The number of hydrogen-bond donors (Lipinski definition) is 2. The van der Waals surface area contributed by atoms with Crippen LogP contribution in [0.2, 0.25) is 0 Å². The highest BCUT2D eigenvalue weighted by molar-refractivity contribution is 5.97. The number of aromatic nitrogens is 2. The molecule has 0 bridgehead atoms. The Kier molecular flexibility index (Phi) is 5.69. The van der Waals surface area contributed by atoms with Gasteiger partial charge in [-0.1, -0.05) is 0 Å². The summed E-state index contributed by atoms with van der Waals surface area (Å²) in [6.07, 6.45) is 4.73. The molecule has 210 valence electrons. The first-order valence-electron chi connectivity index (χ1n) is 13.7. The normalized spacial score (nSPS) is 19.5. The number of halogens is 2. The number of rotatable bonds is 4. The minimum absolute atomic E-state index is 0.192. The molecule has 3 aromatic heterocycles. The van der Waals surface area contributed by atoms with Gasteiger partial charge in [0.15, 0.2) is 11.6 Å². The molecule has 7 rings (SSSR count). The summed E-state index contributed by atoms with van der Waals surface area (Å²) >= 11 is 0. The van der Waals surface area contributed by atoms with Crippen LogP contribution in [0.15, 0.2) is 41.5 Å². The van der Waals surface area contributed by atoms with Gasteiger partial charge in [-0.15, -0.1) is 0 Å². The summed E-state index contributed by atoms with van der Waals surface area (Å²) in [5.41, 5.74) is 5.23. The van der Waals surface area contributed by atoms with Crippen LogP contribution in [0.1, 0.15) is 33.6 Å². The molecule has 2 saturated heterocycles. The van der Waals surface area contributed by atoms with Gasteiger partial charge in [0, 0.05) is 85.5 Å². The van der Waals surface area contributed by atoms with Crippen LogP contribution in [-0.2, 0) is 6.42 Å². The molecule has 1 aliphatic carbocycles. The number of aryl methyl sites for hydroxylation is 1. The van der Waals surface area contributed by atoms with E-state index in [1.165, 1.54) is 16.5 Å². The fourth-order valence-corrected chi connectivity index (χ4v) is 7.19. The van der Waals surface area contributed by atoms with E-state index in [2.05, 4.69) is 22.2 Å². The molecular formula is C31H29F2N5O3. The SMILES string of the molecule is CNc1cc(F)c(F)c2c1Cc1ncc(-c3cc(C)c4ccc(C(=O)O)c(=O)n4c3)c(N3CC[C@H]4CN(C)CC43)c1-2. The summed E-state index contributed by atoms with van der Waals surface area (Å²) in [6.45, 7) is 4.43. The highest BCUT2D eigenvalue weighted by Crippen LogP contribution is 2.52. The van der Waals surface area contributed by atoms with E-state index >= 15 is 4.39 Å². The van der Waals surface area contributed by atoms with Crippen molar-refractivity contribution >= 4 is 22.9 Å². The number of likely N-dealkylation sites (N-methyl/N-ethyl adjacent to an activating group) is 1. The zero-order valence-corrected chi connectivity index (χ0v) is 23.0. The first-order valence-corrected chi connectivity index (χ1v) is 13.7. The Morgan fingerprint density at radius 3 is 2.73 bits per heavy atom. The second-order valence-corrected chi connectivity index (χ2v) is 11.4. The van der Waals surface area contributed by atoms with Crippen molar-refractivity contribution < 1.29 is 18.7 Å². The molecule has 10 heteroatoms. The van der Waals surface area contributed by atoms with Gasteiger partial charge in [0.1, 0.15) is 5.56 Å². The number of anilines is 2. The number of likely N-dealkylation sites (tertiary alicyclic amines) is 1. The topological polar surface area (TPSA) is 90.2 Å². The second-order valence-electron chi connectivity index (χ2n) is 11.4. The predicted molar refractivity (Wildman–Crippen MR) is 153 cm³/mol. The number of carboxylic acids is 1. The van der Waals surface area contributed by atoms with E-state index in [1.54, 1.807) is 25.5 Å². The molecule has 0 amide bonds. The van der Waals surface area contributed by atoms with E-state index in [-0.39, 0.29) is 17.2 Å². The molecule has 2 atom stereocenters. The minimum Gasteiger partial charge on any atom is -0.477 e. The smallest absolute Gasteiger partial charge is 0.341 e. The molecule has 2 aliphatic heterocycles. The number of nitrogens with one attached hydrogen (secondary N) is 1. The van der Waals surface area contributed by atoms with Crippen molar-refractivity contribution in [3.8, 4) is 22.3 Å². The molecule has 0 saturated carbocycles. The zero-order chi connectivity index (χ0) is 28.7. The third kappa shape index (κ3) is 3.70. The van der Waals surface area contributed by atoms with Crippen LogP contribution in [0, 0.1) is 24.5 Å². The van der Waals surface area contributed by atoms with E-state index in [0.29, 0.717) is 51.5 Å². The zero-order valence-electron chi connectivity index (χ0n) is 23.0. The van der Waals surface area contributed by atoms with E-state index in [0.717, 1.165) is 37.3 Å². The van der Waals surface area contributed by atoms with Crippen LogP contribution < -0.4 is 15.8 Å². The minimum atomic E-state index is -1.30. The number of pyridine rings is 3. The lowest BCUT2D eigenvalue weighted by molar-refractivity contribution is 0.0694. The van der Waals surface area contributed by atoms with Crippen LogP contribution >= 0.6 is 0 Å². The molecule has 5 heterocycles. The van der Waals surface area contributed by atoms with Crippen LogP contribution in [-0.4, -0.2) is 65.1 Å². The Morgan fingerprint density at radius 2 is 1.98 bits per heavy atom. The van der Waals surface area contributed by atoms with Crippen molar-refractivity contribution in [2.24, 2.45) is 5.92 Å². The maximum atomic E-state index is 15.7. The van der Waals surface area contributed by atoms with Crippen LogP contribution in [0.5, 0.6) is 0 Å². The summed E-state index contributed by atoms with van der Waals surface area (Å²) in [5.74, 6) is -2.67. The van der Waals surface area contributed by atoms with Crippen molar-refractivity contribution in [1.82, 2.24) is 14.3 Å². The molecule has 3 aliphatic rings. The van der Waals surface area contributed by atoms with E-state index < -0.39 is 23.2 Å². The Hall–Kier alpha value is -4.31. The molecular weight excluding hydrogens is 528 g/mol. The number of fused-ring (bicyclic) bond motifs is 5. The average Bonchev–Trinajstić information content (AvgIpc) is 3.62. The summed E-state index contributed by atoms with van der Waals surface area (Å²) < 4.78 is 32.0. The maximum Gasteiger partial charge on any atom is 0.341 e. The third-order valence-electron chi connectivity index (χ3n) is 9.04. The van der Waals surface area contributed by atoms with Crippen molar-refractivity contribution in [2.45, 2.75) is 25.8 Å². The van der Waals surface area contributed by atoms with Gasteiger partial charge in [-0.25, -0.2) is 13.6 Å². The van der Waals surface area contributed by atoms with Crippen LogP contribution in [0.4, 0.5) is 20.2 Å².